The van der Waals surface area contributed by atoms with E-state index in [1.54, 1.807) is 0 Å². The fourth-order valence-corrected chi connectivity index (χ4v) is 2.76. The molecule has 0 spiro atoms. The Labute approximate surface area is 86.6 Å². The first kappa shape index (κ1) is 9.70. The van der Waals surface area contributed by atoms with Gasteiger partial charge in [-0.3, -0.25) is 4.98 Å². The molecule has 1 nitrogen and oxygen atoms in total. The largest absolute Gasteiger partial charge is 0.261 e. The highest BCUT2D eigenvalue weighted by molar-refractivity contribution is 5.29. The minimum absolute atomic E-state index is 0.737. The van der Waals surface area contributed by atoms with Gasteiger partial charge < -0.3 is 0 Å². The highest BCUT2D eigenvalue weighted by Gasteiger charge is 2.28. The standard InChI is InChI=1S/C13H19N/c1-3-10(4-2)12-8-7-11-6-5-9-14-13(11)12/h5-6,9-10,12H,3-4,7-8H2,1-2H3. The molecule has 0 saturated carbocycles. The summed E-state index contributed by atoms with van der Waals surface area (Å²) in [5, 5.41) is 0. The summed E-state index contributed by atoms with van der Waals surface area (Å²) < 4.78 is 0. The minimum Gasteiger partial charge on any atom is -0.261 e. The van der Waals surface area contributed by atoms with Gasteiger partial charge in [-0.1, -0.05) is 32.8 Å². The zero-order valence-corrected chi connectivity index (χ0v) is 9.16. The van der Waals surface area contributed by atoms with Crippen molar-refractivity contribution >= 4 is 0 Å². The highest BCUT2D eigenvalue weighted by atomic mass is 14.7. The fourth-order valence-electron chi connectivity index (χ4n) is 2.76. The lowest BCUT2D eigenvalue weighted by Gasteiger charge is -2.20. The minimum atomic E-state index is 0.737. The van der Waals surface area contributed by atoms with Crippen molar-refractivity contribution in [2.75, 3.05) is 0 Å². The van der Waals surface area contributed by atoms with Gasteiger partial charge in [-0.2, -0.15) is 0 Å². The van der Waals surface area contributed by atoms with Crippen LogP contribution < -0.4 is 0 Å². The predicted octanol–water partition coefficient (Wildman–Crippen LogP) is 3.55. The summed E-state index contributed by atoms with van der Waals surface area (Å²) in [6.07, 6.45) is 7.08. The predicted molar refractivity (Wildman–Crippen MR) is 59.4 cm³/mol. The SMILES string of the molecule is CCC(CC)C1CCc2cccnc21. The summed E-state index contributed by atoms with van der Waals surface area (Å²) in [4.78, 5) is 4.56. The molecule has 1 atom stereocenters. The number of pyridine rings is 1. The number of aromatic nitrogens is 1. The van der Waals surface area contributed by atoms with Crippen molar-refractivity contribution in [3.05, 3.63) is 29.6 Å². The number of fused-ring (bicyclic) bond motifs is 1. The van der Waals surface area contributed by atoms with Crippen molar-refractivity contribution < 1.29 is 0 Å². The van der Waals surface area contributed by atoms with Gasteiger partial charge in [-0.05, 0) is 30.4 Å². The Hall–Kier alpha value is -0.850. The Morgan fingerprint density at radius 3 is 2.93 bits per heavy atom. The molecule has 76 valence electrons. The molecule has 0 saturated heterocycles. The average molecular weight is 189 g/mol. The zero-order chi connectivity index (χ0) is 9.97. The number of hydrogen-bond acceptors (Lipinski definition) is 1. The molecular weight excluding hydrogens is 170 g/mol. The summed E-state index contributed by atoms with van der Waals surface area (Å²) in [6.45, 7) is 4.60. The van der Waals surface area contributed by atoms with E-state index in [1.807, 2.05) is 6.20 Å². The first-order valence-corrected chi connectivity index (χ1v) is 5.80. The van der Waals surface area contributed by atoms with Crippen molar-refractivity contribution in [2.45, 2.75) is 45.4 Å². The van der Waals surface area contributed by atoms with Crippen molar-refractivity contribution in [3.63, 3.8) is 0 Å². The second-order valence-corrected chi connectivity index (χ2v) is 4.27. The van der Waals surface area contributed by atoms with Crippen molar-refractivity contribution in [3.8, 4) is 0 Å². The molecule has 1 aliphatic rings. The molecular formula is C13H19N. The van der Waals surface area contributed by atoms with Gasteiger partial charge in [0.15, 0.2) is 0 Å². The third kappa shape index (κ3) is 1.56. The summed E-state index contributed by atoms with van der Waals surface area (Å²) in [5.74, 6) is 1.58. The molecule has 1 heteroatoms. The highest BCUT2D eigenvalue weighted by Crippen LogP contribution is 2.39. The quantitative estimate of drug-likeness (QED) is 0.708. The smallest absolute Gasteiger partial charge is 0.0469 e. The molecule has 1 aromatic heterocycles. The third-order valence-corrected chi connectivity index (χ3v) is 3.62. The van der Waals surface area contributed by atoms with E-state index >= 15 is 0 Å². The van der Waals surface area contributed by atoms with Crippen LogP contribution in [0.15, 0.2) is 18.3 Å². The van der Waals surface area contributed by atoms with E-state index in [4.69, 9.17) is 0 Å². The molecule has 0 aliphatic heterocycles. The van der Waals surface area contributed by atoms with Crippen LogP contribution in [-0.4, -0.2) is 4.98 Å². The molecule has 1 unspecified atom stereocenters. The molecule has 0 N–H and O–H groups in total. The zero-order valence-electron chi connectivity index (χ0n) is 9.16. The molecule has 0 amide bonds. The van der Waals surface area contributed by atoms with Crippen LogP contribution in [-0.2, 0) is 6.42 Å². The van der Waals surface area contributed by atoms with E-state index in [2.05, 4.69) is 31.0 Å². The molecule has 0 fully saturated rings. The summed E-state index contributed by atoms with van der Waals surface area (Å²) in [7, 11) is 0. The van der Waals surface area contributed by atoms with E-state index in [0.717, 1.165) is 11.8 Å². The molecule has 1 aliphatic carbocycles. The second kappa shape index (κ2) is 4.12. The monoisotopic (exact) mass is 189 g/mol. The summed E-state index contributed by atoms with van der Waals surface area (Å²) in [5.41, 5.74) is 2.88. The molecule has 2 rings (SSSR count). The topological polar surface area (TPSA) is 12.9 Å². The molecule has 0 radical (unpaired) electrons. The average Bonchev–Trinajstić information content (AvgIpc) is 2.65. The Bertz CT molecular complexity index is 302. The van der Waals surface area contributed by atoms with Gasteiger partial charge in [0.25, 0.3) is 0 Å². The summed E-state index contributed by atoms with van der Waals surface area (Å²) >= 11 is 0. The van der Waals surface area contributed by atoms with Gasteiger partial charge in [0.2, 0.25) is 0 Å². The van der Waals surface area contributed by atoms with Gasteiger partial charge in [0, 0.05) is 17.8 Å². The van der Waals surface area contributed by atoms with E-state index in [9.17, 15) is 0 Å². The van der Waals surface area contributed by atoms with Gasteiger partial charge in [-0.25, -0.2) is 0 Å². The molecule has 1 heterocycles. The molecule has 1 aromatic rings. The van der Waals surface area contributed by atoms with Crippen LogP contribution >= 0.6 is 0 Å². The van der Waals surface area contributed by atoms with E-state index < -0.39 is 0 Å². The lowest BCUT2D eigenvalue weighted by molar-refractivity contribution is 0.390. The fraction of sp³-hybridized carbons (Fsp3) is 0.615. The van der Waals surface area contributed by atoms with Crippen LogP contribution in [0.5, 0.6) is 0 Å². The maximum absolute atomic E-state index is 4.56. The van der Waals surface area contributed by atoms with Crippen LogP contribution in [0.1, 0.15) is 50.3 Å². The van der Waals surface area contributed by atoms with Crippen molar-refractivity contribution in [1.29, 1.82) is 0 Å². The lowest BCUT2D eigenvalue weighted by atomic mass is 9.86. The maximum Gasteiger partial charge on any atom is 0.0469 e. The first-order chi connectivity index (χ1) is 6.86. The first-order valence-electron chi connectivity index (χ1n) is 5.80. The Balaban J connectivity index is 2.25. The maximum atomic E-state index is 4.56. The number of rotatable bonds is 3. The molecule has 14 heavy (non-hydrogen) atoms. The summed E-state index contributed by atoms with van der Waals surface area (Å²) in [6, 6.07) is 4.30. The number of hydrogen-bond donors (Lipinski definition) is 0. The van der Waals surface area contributed by atoms with Gasteiger partial charge in [0.05, 0.1) is 0 Å². The van der Waals surface area contributed by atoms with Crippen molar-refractivity contribution in [1.82, 2.24) is 4.98 Å². The third-order valence-electron chi connectivity index (χ3n) is 3.62. The second-order valence-electron chi connectivity index (χ2n) is 4.27. The van der Waals surface area contributed by atoms with Crippen LogP contribution in [0.2, 0.25) is 0 Å². The molecule has 0 bridgehead atoms. The van der Waals surface area contributed by atoms with E-state index in [1.165, 1.54) is 36.9 Å². The normalized spacial score (nSPS) is 20.1. The van der Waals surface area contributed by atoms with Gasteiger partial charge in [-0.15, -0.1) is 0 Å². The number of aryl methyl sites for hydroxylation is 1. The van der Waals surface area contributed by atoms with Crippen LogP contribution in [0.4, 0.5) is 0 Å². The number of nitrogens with zero attached hydrogens (tertiary/aromatic N) is 1. The van der Waals surface area contributed by atoms with Crippen molar-refractivity contribution in [2.24, 2.45) is 5.92 Å². The van der Waals surface area contributed by atoms with E-state index in [0.29, 0.717) is 0 Å². The Morgan fingerprint density at radius 1 is 1.43 bits per heavy atom. The Kier molecular flexibility index (Phi) is 2.85. The van der Waals surface area contributed by atoms with E-state index in [-0.39, 0.29) is 0 Å². The van der Waals surface area contributed by atoms with Crippen LogP contribution in [0.25, 0.3) is 0 Å². The van der Waals surface area contributed by atoms with Crippen LogP contribution in [0.3, 0.4) is 0 Å². The Morgan fingerprint density at radius 2 is 2.21 bits per heavy atom. The lowest BCUT2D eigenvalue weighted by Crippen LogP contribution is -2.09. The van der Waals surface area contributed by atoms with Gasteiger partial charge >= 0.3 is 0 Å². The van der Waals surface area contributed by atoms with Gasteiger partial charge in [0.1, 0.15) is 0 Å². The van der Waals surface area contributed by atoms with Crippen LogP contribution in [0, 0.1) is 5.92 Å². The molecule has 0 aromatic carbocycles.